The van der Waals surface area contributed by atoms with Crippen molar-refractivity contribution in [3.8, 4) is 0 Å². The van der Waals surface area contributed by atoms with Crippen molar-refractivity contribution in [1.29, 1.82) is 0 Å². The molecule has 1 aromatic carbocycles. The lowest BCUT2D eigenvalue weighted by molar-refractivity contribution is 0.0903. The first-order chi connectivity index (χ1) is 14.7. The van der Waals surface area contributed by atoms with Crippen LogP contribution in [0.3, 0.4) is 0 Å². The number of ether oxygens (including phenoxy) is 1. The van der Waals surface area contributed by atoms with Crippen LogP contribution in [0.15, 0.2) is 29.2 Å². The summed E-state index contributed by atoms with van der Waals surface area (Å²) in [6.45, 7) is 7.31. The van der Waals surface area contributed by atoms with Crippen LogP contribution < -0.4 is 15.1 Å². The van der Waals surface area contributed by atoms with E-state index >= 15 is 0 Å². The molecule has 3 aliphatic rings. The van der Waals surface area contributed by atoms with E-state index in [-0.39, 0.29) is 0 Å². The third-order valence-corrected chi connectivity index (χ3v) is 7.63. The largest absolute Gasteiger partial charge is 0.381 e. The van der Waals surface area contributed by atoms with Gasteiger partial charge in [0, 0.05) is 63.3 Å². The molecule has 1 aromatic heterocycles. The fourth-order valence-electron chi connectivity index (χ4n) is 4.45. The molecule has 160 valence electrons. The van der Waals surface area contributed by atoms with E-state index in [4.69, 9.17) is 14.7 Å². The quantitative estimate of drug-likeness (QED) is 0.803. The molecule has 3 aliphatic heterocycles. The molecule has 2 aromatic rings. The van der Waals surface area contributed by atoms with Crippen molar-refractivity contribution < 1.29 is 8.95 Å². The van der Waals surface area contributed by atoms with Gasteiger partial charge in [-0.1, -0.05) is 12.1 Å². The average Bonchev–Trinajstić information content (AvgIpc) is 3.16. The highest BCUT2D eigenvalue weighted by Gasteiger charge is 2.29. The van der Waals surface area contributed by atoms with Crippen molar-refractivity contribution in [2.45, 2.75) is 37.1 Å². The maximum atomic E-state index is 12.6. The molecule has 7 nitrogen and oxygen atoms in total. The SMILES string of the molecule is Cc1cccc(N2CCN(c3nc4c(c(NC5CCOCC5)n3)S(=O)CC4)CC2)c1. The molecule has 0 saturated carbocycles. The summed E-state index contributed by atoms with van der Waals surface area (Å²) in [5, 5.41) is 3.57. The van der Waals surface area contributed by atoms with Gasteiger partial charge in [-0.3, -0.25) is 4.21 Å². The fraction of sp³-hybridized carbons (Fsp3) is 0.545. The van der Waals surface area contributed by atoms with Gasteiger partial charge in [0.2, 0.25) is 5.95 Å². The van der Waals surface area contributed by atoms with Gasteiger partial charge in [-0.15, -0.1) is 0 Å². The molecule has 30 heavy (non-hydrogen) atoms. The number of rotatable bonds is 4. The third kappa shape index (κ3) is 4.03. The summed E-state index contributed by atoms with van der Waals surface area (Å²) in [6, 6.07) is 9.00. The molecular formula is C22H29N5O2S. The molecule has 1 N–H and O–H groups in total. The van der Waals surface area contributed by atoms with Gasteiger partial charge in [0.25, 0.3) is 0 Å². The number of hydrogen-bond donors (Lipinski definition) is 1. The molecule has 2 fully saturated rings. The number of hydrogen-bond acceptors (Lipinski definition) is 7. The Labute approximate surface area is 180 Å². The minimum atomic E-state index is -1.01. The van der Waals surface area contributed by atoms with Crippen LogP contribution in [0.25, 0.3) is 0 Å². The van der Waals surface area contributed by atoms with Crippen LogP contribution in [-0.4, -0.2) is 65.4 Å². The van der Waals surface area contributed by atoms with Crippen LogP contribution in [-0.2, 0) is 22.0 Å². The van der Waals surface area contributed by atoms with Crippen LogP contribution in [0.4, 0.5) is 17.5 Å². The Bertz CT molecular complexity index is 939. The van der Waals surface area contributed by atoms with Gasteiger partial charge < -0.3 is 19.9 Å². The summed E-state index contributed by atoms with van der Waals surface area (Å²) >= 11 is 0. The Hall–Kier alpha value is -2.19. The zero-order valence-corrected chi connectivity index (χ0v) is 18.3. The molecule has 0 amide bonds. The lowest BCUT2D eigenvalue weighted by Gasteiger charge is -2.36. The Morgan fingerprint density at radius 1 is 1.10 bits per heavy atom. The number of fused-ring (bicyclic) bond motifs is 1. The molecule has 5 rings (SSSR count). The summed E-state index contributed by atoms with van der Waals surface area (Å²) in [7, 11) is -1.01. The van der Waals surface area contributed by atoms with Crippen LogP contribution in [0.1, 0.15) is 24.1 Å². The van der Waals surface area contributed by atoms with Gasteiger partial charge >= 0.3 is 0 Å². The number of nitrogens with zero attached hydrogens (tertiary/aromatic N) is 4. The van der Waals surface area contributed by atoms with E-state index in [0.29, 0.717) is 11.8 Å². The van der Waals surface area contributed by atoms with Gasteiger partial charge in [0.1, 0.15) is 10.7 Å². The van der Waals surface area contributed by atoms with E-state index in [2.05, 4.69) is 46.3 Å². The highest BCUT2D eigenvalue weighted by molar-refractivity contribution is 7.85. The second kappa shape index (κ2) is 8.51. The molecule has 0 bridgehead atoms. The first kappa shape index (κ1) is 19.8. The van der Waals surface area contributed by atoms with E-state index in [1.54, 1.807) is 0 Å². The molecule has 8 heteroatoms. The fourth-order valence-corrected chi connectivity index (χ4v) is 5.76. The van der Waals surface area contributed by atoms with Crippen LogP contribution in [0.2, 0.25) is 0 Å². The van der Waals surface area contributed by atoms with Crippen molar-refractivity contribution in [3.05, 3.63) is 35.5 Å². The standard InChI is InChI=1S/C22H29N5O2S/c1-16-3-2-4-18(15-16)26-8-10-27(11-9-26)22-24-19-7-14-30(28)20(19)21(25-22)23-17-5-12-29-13-6-17/h2-4,15,17H,5-14H2,1H3,(H,23,24,25). The number of aryl methyl sites for hydroxylation is 2. The predicted octanol–water partition coefficient (Wildman–Crippen LogP) is 2.37. The highest BCUT2D eigenvalue weighted by atomic mass is 32.2. The maximum Gasteiger partial charge on any atom is 0.227 e. The molecular weight excluding hydrogens is 398 g/mol. The smallest absolute Gasteiger partial charge is 0.227 e. The Kier molecular flexibility index (Phi) is 5.60. The van der Waals surface area contributed by atoms with E-state index < -0.39 is 10.8 Å². The number of anilines is 3. The van der Waals surface area contributed by atoms with Gasteiger partial charge in [-0.25, -0.2) is 4.98 Å². The summed E-state index contributed by atoms with van der Waals surface area (Å²) < 4.78 is 18.1. The zero-order valence-electron chi connectivity index (χ0n) is 17.5. The predicted molar refractivity (Wildman–Crippen MR) is 120 cm³/mol. The molecule has 0 aliphatic carbocycles. The third-order valence-electron chi connectivity index (χ3n) is 6.17. The number of aromatic nitrogens is 2. The van der Waals surface area contributed by atoms with Crippen LogP contribution in [0.5, 0.6) is 0 Å². The molecule has 2 saturated heterocycles. The van der Waals surface area contributed by atoms with Crippen LogP contribution in [0, 0.1) is 6.92 Å². The lowest BCUT2D eigenvalue weighted by Crippen LogP contribution is -2.47. The summed E-state index contributed by atoms with van der Waals surface area (Å²) in [4.78, 5) is 15.2. The first-order valence-corrected chi connectivity index (χ1v) is 12.2. The first-order valence-electron chi connectivity index (χ1n) is 10.9. The van der Waals surface area contributed by atoms with E-state index in [1.807, 2.05) is 0 Å². The molecule has 4 heterocycles. The van der Waals surface area contributed by atoms with Crippen LogP contribution >= 0.6 is 0 Å². The molecule has 1 unspecified atom stereocenters. The summed E-state index contributed by atoms with van der Waals surface area (Å²) in [6.07, 6.45) is 2.68. The van der Waals surface area contributed by atoms with Gasteiger partial charge in [0.05, 0.1) is 16.5 Å². The molecule has 0 radical (unpaired) electrons. The van der Waals surface area contributed by atoms with Gasteiger partial charge in [0.15, 0.2) is 0 Å². The number of nitrogens with one attached hydrogen (secondary N) is 1. The highest BCUT2D eigenvalue weighted by Crippen LogP contribution is 2.31. The second-order valence-corrected chi connectivity index (χ2v) is 9.80. The topological polar surface area (TPSA) is 70.6 Å². The van der Waals surface area contributed by atoms with Crippen molar-refractivity contribution >= 4 is 28.3 Å². The summed E-state index contributed by atoms with van der Waals surface area (Å²) in [5.74, 6) is 2.20. The zero-order chi connectivity index (χ0) is 20.5. The Morgan fingerprint density at radius 3 is 2.63 bits per heavy atom. The number of benzene rings is 1. The van der Waals surface area contributed by atoms with Gasteiger partial charge in [-0.2, -0.15) is 4.98 Å². The van der Waals surface area contributed by atoms with Crippen molar-refractivity contribution in [2.24, 2.45) is 0 Å². The number of piperazine rings is 1. The van der Waals surface area contributed by atoms with Crippen molar-refractivity contribution in [1.82, 2.24) is 9.97 Å². The summed E-state index contributed by atoms with van der Waals surface area (Å²) in [5.41, 5.74) is 3.52. The maximum absolute atomic E-state index is 12.6. The van der Waals surface area contributed by atoms with Crippen molar-refractivity contribution in [2.75, 3.05) is 60.3 Å². The minimum Gasteiger partial charge on any atom is -0.381 e. The van der Waals surface area contributed by atoms with E-state index in [0.717, 1.165) is 81.0 Å². The van der Waals surface area contributed by atoms with E-state index in [1.165, 1.54) is 11.3 Å². The lowest BCUT2D eigenvalue weighted by atomic mass is 10.1. The van der Waals surface area contributed by atoms with Crippen molar-refractivity contribution in [3.63, 3.8) is 0 Å². The molecule has 0 spiro atoms. The van der Waals surface area contributed by atoms with E-state index in [9.17, 15) is 4.21 Å². The second-order valence-electron chi connectivity index (χ2n) is 8.29. The Balaban J connectivity index is 1.34. The molecule has 1 atom stereocenters. The monoisotopic (exact) mass is 427 g/mol. The normalized spacial score (nSPS) is 22.2. The minimum absolute atomic E-state index is 0.321. The van der Waals surface area contributed by atoms with Gasteiger partial charge in [-0.05, 0) is 37.5 Å². The Morgan fingerprint density at radius 2 is 1.87 bits per heavy atom. The average molecular weight is 428 g/mol.